The Kier molecular flexibility index (Phi) is 3.29. The summed E-state index contributed by atoms with van der Waals surface area (Å²) in [4.78, 5) is 24.8. The van der Waals surface area contributed by atoms with E-state index in [1.165, 1.54) is 0 Å². The third-order valence-electron chi connectivity index (χ3n) is 5.16. The second-order valence-corrected chi connectivity index (χ2v) is 7.66. The zero-order valence-electron chi connectivity index (χ0n) is 15.0. The summed E-state index contributed by atoms with van der Waals surface area (Å²) in [7, 11) is 0. The Morgan fingerprint density at radius 3 is 2.63 bits per heavy atom. The van der Waals surface area contributed by atoms with Crippen molar-refractivity contribution in [2.75, 3.05) is 6.79 Å². The Hall–Kier alpha value is -3.02. The minimum atomic E-state index is -0.611. The molecule has 3 heterocycles. The average Bonchev–Trinajstić information content (AvgIpc) is 3.07. The van der Waals surface area contributed by atoms with Gasteiger partial charge in [-0.1, -0.05) is 6.07 Å². The van der Waals surface area contributed by atoms with Gasteiger partial charge in [0.25, 0.3) is 0 Å². The Balaban J connectivity index is 1.69. The molecule has 0 bridgehead atoms. The van der Waals surface area contributed by atoms with Crippen LogP contribution in [-0.2, 0) is 4.79 Å². The molecule has 138 valence electrons. The molecule has 0 aromatic heterocycles. The van der Waals surface area contributed by atoms with Gasteiger partial charge in [-0.15, -0.1) is 0 Å². The summed E-state index contributed by atoms with van der Waals surface area (Å²) in [6.45, 7) is 3.96. The monoisotopic (exact) mass is 366 g/mol. The number of Topliss-reactive ketones (excluding diaryl/α,β-unsaturated/α-hetero) is 1. The summed E-state index contributed by atoms with van der Waals surface area (Å²) in [5.41, 5.74) is 1.56. The van der Waals surface area contributed by atoms with E-state index >= 15 is 0 Å². The molecule has 6 nitrogen and oxygen atoms in total. The number of rotatable bonds is 1. The molecule has 0 aliphatic carbocycles. The van der Waals surface area contributed by atoms with Crippen LogP contribution >= 0.6 is 0 Å². The maximum absolute atomic E-state index is 12.6. The van der Waals surface area contributed by atoms with Crippen molar-refractivity contribution in [2.45, 2.75) is 38.2 Å². The smallest absolute Gasteiger partial charge is 0.312 e. The molecule has 0 unspecified atom stereocenters. The number of hydrogen-bond donors (Lipinski definition) is 0. The van der Waals surface area contributed by atoms with Gasteiger partial charge >= 0.3 is 5.97 Å². The fraction of sp³-hybridized carbons (Fsp3) is 0.333. The normalized spacial score (nSPS) is 21.8. The van der Waals surface area contributed by atoms with Crippen LogP contribution in [-0.4, -0.2) is 24.1 Å². The number of fused-ring (bicyclic) bond motifs is 4. The topological polar surface area (TPSA) is 71.1 Å². The number of esters is 1. The van der Waals surface area contributed by atoms with Gasteiger partial charge in [0, 0.05) is 11.5 Å². The van der Waals surface area contributed by atoms with Crippen molar-refractivity contribution in [3.8, 4) is 23.0 Å². The summed E-state index contributed by atoms with van der Waals surface area (Å²) in [5, 5.41) is 0. The van der Waals surface area contributed by atoms with Crippen LogP contribution in [0.3, 0.4) is 0 Å². The van der Waals surface area contributed by atoms with E-state index in [0.29, 0.717) is 35.0 Å². The van der Waals surface area contributed by atoms with E-state index in [1.807, 2.05) is 32.0 Å². The molecular weight excluding hydrogens is 348 g/mol. The van der Waals surface area contributed by atoms with E-state index in [9.17, 15) is 9.59 Å². The highest BCUT2D eigenvalue weighted by molar-refractivity contribution is 6.01. The first-order chi connectivity index (χ1) is 12.9. The number of benzene rings is 2. The van der Waals surface area contributed by atoms with E-state index in [4.69, 9.17) is 18.9 Å². The summed E-state index contributed by atoms with van der Waals surface area (Å²) in [6, 6.07) is 8.99. The molecule has 2 aromatic carbocycles. The van der Waals surface area contributed by atoms with Crippen LogP contribution in [0.2, 0.25) is 0 Å². The lowest BCUT2D eigenvalue weighted by Crippen LogP contribution is -2.37. The Morgan fingerprint density at radius 1 is 1.00 bits per heavy atom. The van der Waals surface area contributed by atoms with Crippen LogP contribution in [0, 0.1) is 0 Å². The summed E-state index contributed by atoms with van der Waals surface area (Å²) < 4.78 is 22.5. The van der Waals surface area contributed by atoms with Crippen molar-refractivity contribution >= 4 is 11.8 Å². The highest BCUT2D eigenvalue weighted by Gasteiger charge is 2.40. The van der Waals surface area contributed by atoms with Crippen LogP contribution in [0.1, 0.15) is 54.1 Å². The van der Waals surface area contributed by atoms with Gasteiger partial charge in [0.1, 0.15) is 17.1 Å². The van der Waals surface area contributed by atoms with Gasteiger partial charge in [0.05, 0.1) is 18.4 Å². The first-order valence-corrected chi connectivity index (χ1v) is 8.91. The Morgan fingerprint density at radius 2 is 1.78 bits per heavy atom. The molecule has 0 saturated heterocycles. The second kappa shape index (κ2) is 5.49. The minimum absolute atomic E-state index is 0.0328. The number of hydrogen-bond acceptors (Lipinski definition) is 6. The zero-order chi connectivity index (χ0) is 18.8. The lowest BCUT2D eigenvalue weighted by molar-refractivity contribution is -0.135. The Labute approximate surface area is 156 Å². The summed E-state index contributed by atoms with van der Waals surface area (Å²) >= 11 is 0. The molecule has 3 aliphatic rings. The quantitative estimate of drug-likeness (QED) is 0.567. The Bertz CT molecular complexity index is 990. The molecular formula is C21H18O6. The predicted octanol–water partition coefficient (Wildman–Crippen LogP) is 3.60. The van der Waals surface area contributed by atoms with E-state index < -0.39 is 5.60 Å². The van der Waals surface area contributed by atoms with Crippen molar-refractivity contribution < 1.29 is 28.5 Å². The molecule has 0 radical (unpaired) electrons. The molecule has 0 saturated carbocycles. The lowest BCUT2D eigenvalue weighted by Gasteiger charge is -2.36. The minimum Gasteiger partial charge on any atom is -0.486 e. The van der Waals surface area contributed by atoms with Crippen LogP contribution in [0.25, 0.3) is 0 Å². The maximum Gasteiger partial charge on any atom is 0.312 e. The van der Waals surface area contributed by atoms with E-state index in [0.717, 1.165) is 11.1 Å². The van der Waals surface area contributed by atoms with Gasteiger partial charge in [0.2, 0.25) is 6.79 Å². The lowest BCUT2D eigenvalue weighted by atomic mass is 9.82. The van der Waals surface area contributed by atoms with Crippen molar-refractivity contribution in [2.24, 2.45) is 0 Å². The van der Waals surface area contributed by atoms with Crippen LogP contribution in [0.5, 0.6) is 23.0 Å². The maximum atomic E-state index is 12.6. The second-order valence-electron chi connectivity index (χ2n) is 7.66. The highest BCUT2D eigenvalue weighted by Crippen LogP contribution is 2.49. The number of ether oxygens (including phenoxy) is 4. The first-order valence-electron chi connectivity index (χ1n) is 8.91. The molecule has 5 rings (SSSR count). The van der Waals surface area contributed by atoms with Gasteiger partial charge in [-0.05, 0) is 43.7 Å². The van der Waals surface area contributed by atoms with Crippen molar-refractivity contribution in [3.05, 3.63) is 47.0 Å². The number of carbonyl (C=O) groups excluding carboxylic acids is 2. The molecule has 0 N–H and O–H groups in total. The zero-order valence-corrected chi connectivity index (χ0v) is 15.0. The fourth-order valence-corrected chi connectivity index (χ4v) is 3.97. The van der Waals surface area contributed by atoms with E-state index in [1.54, 1.807) is 12.1 Å². The molecule has 2 aromatic rings. The largest absolute Gasteiger partial charge is 0.486 e. The summed E-state index contributed by atoms with van der Waals surface area (Å²) in [6.07, 6.45) is 0.480. The molecule has 0 fully saturated rings. The van der Waals surface area contributed by atoms with Crippen LogP contribution < -0.4 is 18.9 Å². The number of ketones is 1. The molecule has 0 spiro atoms. The van der Waals surface area contributed by atoms with Gasteiger partial charge in [0.15, 0.2) is 17.3 Å². The first kappa shape index (κ1) is 16.2. The van der Waals surface area contributed by atoms with Gasteiger partial charge < -0.3 is 18.9 Å². The molecule has 1 atom stereocenters. The van der Waals surface area contributed by atoms with Crippen molar-refractivity contribution in [1.29, 1.82) is 0 Å². The molecule has 27 heavy (non-hydrogen) atoms. The third-order valence-corrected chi connectivity index (χ3v) is 5.16. The highest BCUT2D eigenvalue weighted by atomic mass is 16.7. The van der Waals surface area contributed by atoms with Gasteiger partial charge in [-0.25, -0.2) is 0 Å². The van der Waals surface area contributed by atoms with Crippen molar-refractivity contribution in [1.82, 2.24) is 0 Å². The molecule has 3 aliphatic heterocycles. The van der Waals surface area contributed by atoms with Crippen LogP contribution in [0.15, 0.2) is 30.3 Å². The third kappa shape index (κ3) is 2.55. The average molecular weight is 366 g/mol. The van der Waals surface area contributed by atoms with E-state index in [2.05, 4.69) is 0 Å². The standard InChI is InChI=1S/C21H18O6/c1-21(2)9-14(22)12-4-6-16-19(20(12)27-21)13(8-18(23)26-16)11-3-5-15-17(7-11)25-10-24-15/h3-7,13H,8-10H2,1-2H3/t13-/m1/s1. The fourth-order valence-electron chi connectivity index (χ4n) is 3.97. The van der Waals surface area contributed by atoms with Gasteiger partial charge in [-0.2, -0.15) is 0 Å². The molecule has 0 amide bonds. The SMILES string of the molecule is CC1(C)CC(=O)c2ccc3c(c2O1)[C@@H](c1ccc2c(c1)OCO2)CC(=O)O3. The van der Waals surface area contributed by atoms with Crippen LogP contribution in [0.4, 0.5) is 0 Å². The molecule has 6 heteroatoms. The van der Waals surface area contributed by atoms with E-state index in [-0.39, 0.29) is 30.9 Å². The summed E-state index contributed by atoms with van der Waals surface area (Å²) in [5.74, 6) is 1.72. The number of carbonyl (C=O) groups is 2. The van der Waals surface area contributed by atoms with Gasteiger partial charge in [-0.3, -0.25) is 9.59 Å². The predicted molar refractivity (Wildman–Crippen MR) is 94.8 cm³/mol. The van der Waals surface area contributed by atoms with Crippen molar-refractivity contribution in [3.63, 3.8) is 0 Å².